The van der Waals surface area contributed by atoms with E-state index in [1.807, 2.05) is 12.1 Å². The maximum Gasteiger partial charge on any atom is 0.252 e. The average Bonchev–Trinajstić information content (AvgIpc) is 2.80. The number of aromatic nitrogens is 1. The van der Waals surface area contributed by atoms with Crippen molar-refractivity contribution in [3.05, 3.63) is 64.4 Å². The summed E-state index contributed by atoms with van der Waals surface area (Å²) in [5.74, 6) is -0.0582. The van der Waals surface area contributed by atoms with Crippen molar-refractivity contribution in [2.75, 3.05) is 0 Å². The van der Waals surface area contributed by atoms with Crippen molar-refractivity contribution in [3.63, 3.8) is 0 Å². The van der Waals surface area contributed by atoms with Gasteiger partial charge in [0.1, 0.15) is 11.4 Å². The summed E-state index contributed by atoms with van der Waals surface area (Å²) in [4.78, 5) is 14.4. The lowest BCUT2D eigenvalue weighted by atomic mass is 10.0. The molecule has 0 aliphatic rings. The first kappa shape index (κ1) is 23.7. The van der Waals surface area contributed by atoms with E-state index in [1.54, 1.807) is 18.2 Å². The molecule has 1 heterocycles. The molecule has 2 N–H and O–H groups in total. The molecule has 0 saturated carbocycles. The number of para-hydroxylation sites is 1. The van der Waals surface area contributed by atoms with Gasteiger partial charge in [-0.05, 0) is 42.7 Å². The Labute approximate surface area is 190 Å². The highest BCUT2D eigenvalue weighted by Crippen LogP contribution is 2.29. The van der Waals surface area contributed by atoms with Gasteiger partial charge in [-0.1, -0.05) is 82.9 Å². The maximum absolute atomic E-state index is 11.7. The van der Waals surface area contributed by atoms with Gasteiger partial charge < -0.3 is 10.1 Å². The minimum Gasteiger partial charge on any atom is -0.507 e. The smallest absolute Gasteiger partial charge is 0.252 e. The van der Waals surface area contributed by atoms with Crippen LogP contribution in [0.3, 0.4) is 0 Å². The maximum atomic E-state index is 11.7. The van der Waals surface area contributed by atoms with E-state index in [9.17, 15) is 9.90 Å². The number of nitrogens with zero attached hydrogens (tertiary/aromatic N) is 2. The molecule has 2 aromatic carbocycles. The fraction of sp³-hybridized carbons (Fsp3) is 0.444. The molecule has 0 saturated heterocycles. The van der Waals surface area contributed by atoms with Crippen molar-refractivity contribution < 1.29 is 5.11 Å². The number of hydrogen-bond acceptors (Lipinski definition) is 4. The van der Waals surface area contributed by atoms with Gasteiger partial charge in [-0.25, -0.2) is 0 Å². The van der Waals surface area contributed by atoms with E-state index in [2.05, 4.69) is 34.3 Å². The molecule has 3 rings (SSSR count). The van der Waals surface area contributed by atoms with E-state index >= 15 is 0 Å². The molecule has 3 aromatic rings. The van der Waals surface area contributed by atoms with Crippen LogP contribution in [0, 0.1) is 0 Å². The number of rotatable bonds is 13. The normalized spacial score (nSPS) is 11.5. The van der Waals surface area contributed by atoms with E-state index in [1.165, 1.54) is 69.8 Å². The number of aryl methyl sites for hydroxylation is 1. The van der Waals surface area contributed by atoms with Crippen LogP contribution >= 0.6 is 0 Å². The Balaban J connectivity index is 1.44. The Bertz CT molecular complexity index is 1050. The molecule has 0 aliphatic heterocycles. The summed E-state index contributed by atoms with van der Waals surface area (Å²) in [5, 5.41) is 19.1. The van der Waals surface area contributed by atoms with Gasteiger partial charge in [0, 0.05) is 11.5 Å². The van der Waals surface area contributed by atoms with Crippen LogP contribution < -0.4 is 5.56 Å². The Morgan fingerprint density at radius 1 is 0.812 bits per heavy atom. The molecule has 0 atom stereocenters. The Morgan fingerprint density at radius 2 is 1.47 bits per heavy atom. The molecular weight excluding hydrogens is 398 g/mol. The number of benzene rings is 2. The third kappa shape index (κ3) is 7.33. The highest BCUT2D eigenvalue weighted by atomic mass is 16.3. The Morgan fingerprint density at radius 3 is 2.16 bits per heavy atom. The largest absolute Gasteiger partial charge is 0.507 e. The summed E-state index contributed by atoms with van der Waals surface area (Å²) in [7, 11) is 0. The van der Waals surface area contributed by atoms with Gasteiger partial charge in [-0.2, -0.15) is 5.11 Å². The molecule has 0 amide bonds. The van der Waals surface area contributed by atoms with Crippen molar-refractivity contribution in [1.82, 2.24) is 4.98 Å². The molecule has 0 fully saturated rings. The number of pyridine rings is 1. The summed E-state index contributed by atoms with van der Waals surface area (Å²) in [5.41, 5.74) is 2.72. The topological polar surface area (TPSA) is 77.8 Å². The SMILES string of the molecule is CCCCCCCCCCCCc1ccc(N=Nc2cccc3c(O)cc(=O)[nH]c23)cc1. The lowest BCUT2D eigenvalue weighted by Gasteiger charge is -2.04. The Hall–Kier alpha value is -2.95. The van der Waals surface area contributed by atoms with Gasteiger partial charge in [0.25, 0.3) is 5.56 Å². The van der Waals surface area contributed by atoms with Crippen molar-refractivity contribution >= 4 is 22.3 Å². The number of aromatic amines is 1. The zero-order valence-electron chi connectivity index (χ0n) is 19.1. The summed E-state index contributed by atoms with van der Waals surface area (Å²) in [6, 6.07) is 14.6. The molecule has 0 spiro atoms. The molecule has 0 aliphatic carbocycles. The van der Waals surface area contributed by atoms with Crippen molar-refractivity contribution in [2.45, 2.75) is 77.6 Å². The first-order chi connectivity index (χ1) is 15.7. The highest BCUT2D eigenvalue weighted by molar-refractivity contribution is 5.92. The van der Waals surface area contributed by atoms with E-state index < -0.39 is 0 Å². The van der Waals surface area contributed by atoms with Gasteiger partial charge >= 0.3 is 0 Å². The number of nitrogens with one attached hydrogen (secondary N) is 1. The highest BCUT2D eigenvalue weighted by Gasteiger charge is 2.06. The average molecular weight is 434 g/mol. The van der Waals surface area contributed by atoms with E-state index in [0.29, 0.717) is 16.6 Å². The second-order valence-corrected chi connectivity index (χ2v) is 8.52. The number of fused-ring (bicyclic) bond motifs is 1. The van der Waals surface area contributed by atoms with Crippen LogP contribution in [0.15, 0.2) is 63.6 Å². The van der Waals surface area contributed by atoms with Gasteiger partial charge in [0.2, 0.25) is 0 Å². The molecule has 0 bridgehead atoms. The minimum absolute atomic E-state index is 0.0582. The van der Waals surface area contributed by atoms with E-state index in [4.69, 9.17) is 0 Å². The van der Waals surface area contributed by atoms with Crippen LogP contribution in [0.5, 0.6) is 5.75 Å². The van der Waals surface area contributed by atoms with Crippen molar-refractivity contribution in [3.8, 4) is 5.75 Å². The van der Waals surface area contributed by atoms with Crippen molar-refractivity contribution in [2.24, 2.45) is 10.2 Å². The predicted molar refractivity (Wildman–Crippen MR) is 132 cm³/mol. The second-order valence-electron chi connectivity index (χ2n) is 8.52. The first-order valence-corrected chi connectivity index (χ1v) is 12.0. The monoisotopic (exact) mass is 433 g/mol. The number of unbranched alkanes of at least 4 members (excludes halogenated alkanes) is 9. The van der Waals surface area contributed by atoms with Gasteiger partial charge in [0.05, 0.1) is 11.2 Å². The van der Waals surface area contributed by atoms with Gasteiger partial charge in [0.15, 0.2) is 0 Å². The van der Waals surface area contributed by atoms with Gasteiger partial charge in [-0.15, -0.1) is 5.11 Å². The van der Waals surface area contributed by atoms with E-state index in [0.717, 1.165) is 18.2 Å². The zero-order chi connectivity index (χ0) is 22.6. The van der Waals surface area contributed by atoms with Crippen LogP contribution in [0.1, 0.15) is 76.7 Å². The molecule has 32 heavy (non-hydrogen) atoms. The van der Waals surface area contributed by atoms with Gasteiger partial charge in [-0.3, -0.25) is 4.79 Å². The predicted octanol–water partition coefficient (Wildman–Crippen LogP) is 8.11. The summed E-state index contributed by atoms with van der Waals surface area (Å²) < 4.78 is 0. The molecule has 1 aromatic heterocycles. The van der Waals surface area contributed by atoms with Crippen molar-refractivity contribution in [1.29, 1.82) is 0 Å². The lowest BCUT2D eigenvalue weighted by molar-refractivity contribution is 0.480. The summed E-state index contributed by atoms with van der Waals surface area (Å²) in [6.45, 7) is 2.26. The molecule has 170 valence electrons. The third-order valence-corrected chi connectivity index (χ3v) is 5.86. The molecule has 0 radical (unpaired) electrons. The van der Waals surface area contributed by atoms with E-state index in [-0.39, 0.29) is 11.3 Å². The summed E-state index contributed by atoms with van der Waals surface area (Å²) >= 11 is 0. The molecule has 5 heteroatoms. The second kappa shape index (κ2) is 12.8. The number of H-pyrrole nitrogens is 1. The molecular formula is C27H35N3O2. The molecule has 5 nitrogen and oxygen atoms in total. The van der Waals surface area contributed by atoms with Crippen LogP contribution in [0.2, 0.25) is 0 Å². The standard InChI is InChI=1S/C27H35N3O2/c1-2-3-4-5-6-7-8-9-10-11-13-21-16-18-22(19-17-21)29-30-24-15-12-14-23-25(31)20-26(32)28-27(23)24/h12,14-20H,2-11,13H2,1H3,(H2,28,31,32). The first-order valence-electron chi connectivity index (χ1n) is 12.0. The Kier molecular flexibility index (Phi) is 9.48. The quantitative estimate of drug-likeness (QED) is 0.211. The number of azo groups is 1. The van der Waals surface area contributed by atoms with Crippen LogP contribution in [0.25, 0.3) is 10.9 Å². The fourth-order valence-corrected chi connectivity index (χ4v) is 3.99. The number of hydrogen-bond donors (Lipinski definition) is 2. The molecule has 0 unspecified atom stereocenters. The van der Waals surface area contributed by atoms with Crippen LogP contribution in [-0.4, -0.2) is 10.1 Å². The van der Waals surface area contributed by atoms with Crippen LogP contribution in [0.4, 0.5) is 11.4 Å². The fourth-order valence-electron chi connectivity index (χ4n) is 3.99. The third-order valence-electron chi connectivity index (χ3n) is 5.86. The lowest BCUT2D eigenvalue weighted by Crippen LogP contribution is -2.02. The minimum atomic E-state index is -0.367. The van der Waals surface area contributed by atoms with Crippen LogP contribution in [-0.2, 0) is 6.42 Å². The zero-order valence-corrected chi connectivity index (χ0v) is 19.1. The number of aromatic hydroxyl groups is 1. The summed E-state index contributed by atoms with van der Waals surface area (Å²) in [6.07, 6.45) is 14.6.